The molecule has 0 aliphatic heterocycles. The van der Waals surface area contributed by atoms with Crippen LogP contribution in [0.2, 0.25) is 0 Å². The normalized spacial score (nSPS) is 24.1. The first-order chi connectivity index (χ1) is 13.9. The summed E-state index contributed by atoms with van der Waals surface area (Å²) < 4.78 is 5.58. The summed E-state index contributed by atoms with van der Waals surface area (Å²) in [6, 6.07) is 12.3. The van der Waals surface area contributed by atoms with Crippen LogP contribution in [0.5, 0.6) is 0 Å². The summed E-state index contributed by atoms with van der Waals surface area (Å²) in [4.78, 5) is 6.17. The molecule has 0 spiro atoms. The molecule has 3 atom stereocenters. The van der Waals surface area contributed by atoms with Crippen molar-refractivity contribution in [2.45, 2.75) is 64.7 Å². The molecule has 1 fully saturated rings. The molecule has 0 bridgehead atoms. The van der Waals surface area contributed by atoms with E-state index in [1.165, 1.54) is 18.1 Å². The second-order valence-corrected chi connectivity index (χ2v) is 9.47. The molecule has 2 aromatic rings. The maximum Gasteiger partial charge on any atom is 0.210 e. The van der Waals surface area contributed by atoms with Gasteiger partial charge in [-0.25, -0.2) is 4.99 Å². The number of allylic oxidation sites excluding steroid dienone is 1. The molecule has 0 saturated heterocycles. The highest BCUT2D eigenvalue weighted by atomic mass is 16.6. The van der Waals surface area contributed by atoms with Crippen LogP contribution in [0.15, 0.2) is 52.8 Å². The van der Waals surface area contributed by atoms with Gasteiger partial charge in [-0.05, 0) is 53.7 Å². The second kappa shape index (κ2) is 7.71. The summed E-state index contributed by atoms with van der Waals surface area (Å²) in [5.41, 5.74) is 3.08. The van der Waals surface area contributed by atoms with Crippen LogP contribution >= 0.6 is 0 Å². The standard InChI is InChI=1S/C25H34N2O3/c1-15(2)23(28)26-16(3)27(7)22-21(25(22,29)30-8)19-13-14-20(24(4,5)6)18-12-10-9-11-17(18)19/h9-14,21-22,28-29H,1-8H3. The Bertz CT molecular complexity index is 1010. The first-order valence-electron chi connectivity index (χ1n) is 10.4. The summed E-state index contributed by atoms with van der Waals surface area (Å²) in [5.74, 6) is -0.937. The quantitative estimate of drug-likeness (QED) is 0.319. The van der Waals surface area contributed by atoms with Crippen LogP contribution in [0, 0.1) is 0 Å². The molecule has 1 aliphatic carbocycles. The Balaban J connectivity index is 2.08. The van der Waals surface area contributed by atoms with Crippen molar-refractivity contribution in [2.24, 2.45) is 4.99 Å². The number of fused-ring (bicyclic) bond motifs is 1. The fourth-order valence-corrected chi connectivity index (χ4v) is 4.27. The first kappa shape index (κ1) is 22.3. The fourth-order valence-electron chi connectivity index (χ4n) is 4.27. The lowest BCUT2D eigenvalue weighted by Gasteiger charge is -2.23. The number of likely N-dealkylation sites (N-methyl/N-ethyl adjacent to an activating group) is 1. The molecule has 3 unspecified atom stereocenters. The Morgan fingerprint density at radius 2 is 1.67 bits per heavy atom. The van der Waals surface area contributed by atoms with Crippen LogP contribution in [-0.2, 0) is 10.2 Å². The molecule has 0 amide bonds. The molecule has 5 nitrogen and oxygen atoms in total. The van der Waals surface area contributed by atoms with Crippen molar-refractivity contribution in [3.05, 3.63) is 59.0 Å². The van der Waals surface area contributed by atoms with Gasteiger partial charge in [0.2, 0.25) is 5.88 Å². The predicted molar refractivity (Wildman–Crippen MR) is 123 cm³/mol. The van der Waals surface area contributed by atoms with E-state index in [0.717, 1.165) is 16.5 Å². The minimum Gasteiger partial charge on any atom is -0.493 e. The number of hydrogen-bond acceptors (Lipinski definition) is 4. The van der Waals surface area contributed by atoms with E-state index < -0.39 is 5.79 Å². The third kappa shape index (κ3) is 3.72. The maximum absolute atomic E-state index is 11.3. The van der Waals surface area contributed by atoms with Crippen LogP contribution in [0.4, 0.5) is 0 Å². The number of rotatable bonds is 4. The van der Waals surface area contributed by atoms with Gasteiger partial charge in [0.05, 0.1) is 12.0 Å². The van der Waals surface area contributed by atoms with E-state index >= 15 is 0 Å². The summed E-state index contributed by atoms with van der Waals surface area (Å²) >= 11 is 0. The minimum atomic E-state index is -1.32. The molecule has 2 N–H and O–H groups in total. The summed E-state index contributed by atoms with van der Waals surface area (Å²) in [7, 11) is 3.41. The topological polar surface area (TPSA) is 65.3 Å². The highest BCUT2D eigenvalue weighted by Crippen LogP contribution is 2.56. The Hall–Kier alpha value is -2.37. The molecular weight excluding hydrogens is 376 g/mol. The van der Waals surface area contributed by atoms with Gasteiger partial charge in [0.1, 0.15) is 5.84 Å². The molecule has 1 saturated carbocycles. The van der Waals surface area contributed by atoms with Gasteiger partial charge in [0.25, 0.3) is 0 Å². The average Bonchev–Trinajstić information content (AvgIpc) is 3.31. The Morgan fingerprint density at radius 1 is 1.07 bits per heavy atom. The molecule has 0 radical (unpaired) electrons. The van der Waals surface area contributed by atoms with E-state index in [9.17, 15) is 10.2 Å². The van der Waals surface area contributed by atoms with Gasteiger partial charge in [-0.15, -0.1) is 0 Å². The van der Waals surface area contributed by atoms with Crippen molar-refractivity contribution >= 4 is 16.6 Å². The monoisotopic (exact) mass is 410 g/mol. The number of hydrogen-bond donors (Lipinski definition) is 2. The van der Waals surface area contributed by atoms with E-state index in [2.05, 4.69) is 56.1 Å². The maximum atomic E-state index is 11.3. The van der Waals surface area contributed by atoms with E-state index in [-0.39, 0.29) is 23.3 Å². The zero-order valence-corrected chi connectivity index (χ0v) is 19.3. The molecule has 3 rings (SSSR count). The van der Waals surface area contributed by atoms with Gasteiger partial charge in [-0.3, -0.25) is 0 Å². The predicted octanol–water partition coefficient (Wildman–Crippen LogP) is 5.10. The van der Waals surface area contributed by atoms with Gasteiger partial charge < -0.3 is 19.8 Å². The zero-order valence-electron chi connectivity index (χ0n) is 19.3. The summed E-state index contributed by atoms with van der Waals surface area (Å²) in [6.45, 7) is 12.1. The number of amidine groups is 1. The van der Waals surface area contributed by atoms with E-state index in [1.807, 2.05) is 24.9 Å². The first-order valence-corrected chi connectivity index (χ1v) is 10.4. The van der Waals surface area contributed by atoms with Gasteiger partial charge in [0.15, 0.2) is 5.79 Å². The van der Waals surface area contributed by atoms with Crippen LogP contribution in [-0.4, -0.2) is 46.9 Å². The number of aliphatic hydroxyl groups is 2. The summed E-state index contributed by atoms with van der Waals surface area (Å²) in [5, 5.41) is 23.6. The molecule has 2 aromatic carbocycles. The molecule has 30 heavy (non-hydrogen) atoms. The fraction of sp³-hybridized carbons (Fsp3) is 0.480. The van der Waals surface area contributed by atoms with Gasteiger partial charge in [-0.1, -0.05) is 57.2 Å². The lowest BCUT2D eigenvalue weighted by atomic mass is 9.82. The van der Waals surface area contributed by atoms with E-state index in [0.29, 0.717) is 5.84 Å². The van der Waals surface area contributed by atoms with Crippen LogP contribution in [0.3, 0.4) is 0 Å². The van der Waals surface area contributed by atoms with Crippen molar-refractivity contribution in [3.8, 4) is 0 Å². The Labute approximate surface area is 179 Å². The number of ether oxygens (including phenoxy) is 1. The Morgan fingerprint density at radius 3 is 2.20 bits per heavy atom. The smallest absolute Gasteiger partial charge is 0.210 e. The number of methoxy groups -OCH3 is 1. The van der Waals surface area contributed by atoms with E-state index in [4.69, 9.17) is 4.74 Å². The highest BCUT2D eigenvalue weighted by molar-refractivity contribution is 5.91. The minimum absolute atomic E-state index is 0.00233. The lowest BCUT2D eigenvalue weighted by Crippen LogP contribution is -2.33. The number of aliphatic imine (C=N–C) groups is 1. The zero-order chi connectivity index (χ0) is 22.4. The third-order valence-electron chi connectivity index (χ3n) is 6.15. The van der Waals surface area contributed by atoms with Crippen LogP contribution < -0.4 is 0 Å². The number of benzene rings is 2. The highest BCUT2D eigenvalue weighted by Gasteiger charge is 2.68. The van der Waals surface area contributed by atoms with Crippen LogP contribution in [0.1, 0.15) is 58.6 Å². The molecule has 162 valence electrons. The average molecular weight is 411 g/mol. The van der Waals surface area contributed by atoms with Crippen molar-refractivity contribution in [1.82, 2.24) is 4.90 Å². The van der Waals surface area contributed by atoms with Crippen molar-refractivity contribution in [1.29, 1.82) is 0 Å². The molecule has 5 heteroatoms. The van der Waals surface area contributed by atoms with Gasteiger partial charge >= 0.3 is 0 Å². The third-order valence-corrected chi connectivity index (χ3v) is 6.15. The SMILES string of the molecule is COC1(O)C(c2ccc(C(C)(C)C)c3ccccc23)C1N(C)C(C)=NC(O)=C(C)C. The molecule has 0 aromatic heterocycles. The molecular formula is C25H34N2O3. The van der Waals surface area contributed by atoms with Crippen LogP contribution in [0.25, 0.3) is 10.8 Å². The largest absolute Gasteiger partial charge is 0.493 e. The summed E-state index contributed by atoms with van der Waals surface area (Å²) in [6.07, 6.45) is 0. The number of nitrogens with zero attached hydrogens (tertiary/aromatic N) is 2. The van der Waals surface area contributed by atoms with Gasteiger partial charge in [0, 0.05) is 14.2 Å². The second-order valence-electron chi connectivity index (χ2n) is 9.47. The molecule has 0 heterocycles. The Kier molecular flexibility index (Phi) is 5.74. The van der Waals surface area contributed by atoms with Crippen molar-refractivity contribution in [2.75, 3.05) is 14.2 Å². The van der Waals surface area contributed by atoms with Crippen molar-refractivity contribution in [3.63, 3.8) is 0 Å². The molecule has 1 aliphatic rings. The number of aliphatic hydroxyl groups excluding tert-OH is 1. The van der Waals surface area contributed by atoms with E-state index in [1.54, 1.807) is 13.8 Å². The lowest BCUT2D eigenvalue weighted by molar-refractivity contribution is -0.117. The van der Waals surface area contributed by atoms with Gasteiger partial charge in [-0.2, -0.15) is 0 Å². The van der Waals surface area contributed by atoms with Crippen molar-refractivity contribution < 1.29 is 14.9 Å².